The monoisotopic (exact) mass is 379 g/mol. The summed E-state index contributed by atoms with van der Waals surface area (Å²) in [6.45, 7) is 3.09. The fourth-order valence-corrected chi connectivity index (χ4v) is 4.28. The fourth-order valence-electron chi connectivity index (χ4n) is 4.28. The lowest BCUT2D eigenvalue weighted by atomic mass is 9.87. The van der Waals surface area contributed by atoms with Gasteiger partial charge in [-0.05, 0) is 61.8 Å². The Labute approximate surface area is 167 Å². The Morgan fingerprint density at radius 1 is 1.11 bits per heavy atom. The molecular weight excluding hydrogens is 350 g/mol. The van der Waals surface area contributed by atoms with Crippen LogP contribution in [0.25, 0.3) is 11.3 Å². The molecule has 5 nitrogen and oxygen atoms in total. The number of nitrogens with zero attached hydrogens (tertiary/aromatic N) is 2. The molecule has 1 N–H and O–H groups in total. The van der Waals surface area contributed by atoms with Gasteiger partial charge in [0, 0.05) is 38.0 Å². The van der Waals surface area contributed by atoms with E-state index in [1.807, 2.05) is 41.3 Å². The first kappa shape index (κ1) is 18.9. The molecule has 148 valence electrons. The van der Waals surface area contributed by atoms with Crippen molar-refractivity contribution in [1.29, 1.82) is 0 Å². The van der Waals surface area contributed by atoms with E-state index in [4.69, 9.17) is 4.74 Å². The van der Waals surface area contributed by atoms with Crippen LogP contribution in [0.15, 0.2) is 48.7 Å². The Morgan fingerprint density at radius 2 is 2.00 bits per heavy atom. The van der Waals surface area contributed by atoms with Crippen LogP contribution in [-0.2, 0) is 11.3 Å². The lowest BCUT2D eigenvalue weighted by molar-refractivity contribution is -0.0348. The largest absolute Gasteiger partial charge is 0.378 e. The van der Waals surface area contributed by atoms with Gasteiger partial charge >= 0.3 is 6.03 Å². The zero-order valence-corrected chi connectivity index (χ0v) is 16.3. The quantitative estimate of drug-likeness (QED) is 0.864. The van der Waals surface area contributed by atoms with E-state index in [2.05, 4.69) is 16.4 Å². The molecule has 1 unspecified atom stereocenters. The van der Waals surface area contributed by atoms with E-state index in [-0.39, 0.29) is 6.03 Å². The van der Waals surface area contributed by atoms with Gasteiger partial charge in [0.2, 0.25) is 0 Å². The third-order valence-electron chi connectivity index (χ3n) is 5.90. The molecule has 4 rings (SSSR count). The van der Waals surface area contributed by atoms with Gasteiger partial charge in [0.15, 0.2) is 0 Å². The van der Waals surface area contributed by atoms with Crippen LogP contribution in [0.3, 0.4) is 0 Å². The minimum atomic E-state index is 0.0336. The molecule has 28 heavy (non-hydrogen) atoms. The number of ether oxygens (including phenoxy) is 1. The zero-order chi connectivity index (χ0) is 19.2. The molecule has 2 amide bonds. The maximum absolute atomic E-state index is 12.6. The number of piperidine rings is 1. The molecule has 1 atom stereocenters. The number of hydrogen-bond acceptors (Lipinski definition) is 3. The smallest absolute Gasteiger partial charge is 0.317 e. The van der Waals surface area contributed by atoms with Crippen molar-refractivity contribution in [3.8, 4) is 11.3 Å². The van der Waals surface area contributed by atoms with Crippen molar-refractivity contribution in [3.05, 3.63) is 54.2 Å². The third kappa shape index (κ3) is 4.71. The topological polar surface area (TPSA) is 54.5 Å². The highest BCUT2D eigenvalue weighted by Crippen LogP contribution is 2.28. The Bertz CT molecular complexity index is 766. The zero-order valence-electron chi connectivity index (χ0n) is 16.3. The molecule has 2 aliphatic heterocycles. The first-order valence-electron chi connectivity index (χ1n) is 10.4. The summed E-state index contributed by atoms with van der Waals surface area (Å²) in [5, 5.41) is 3.08. The maximum atomic E-state index is 12.6. The molecule has 0 spiro atoms. The van der Waals surface area contributed by atoms with Crippen LogP contribution in [0.2, 0.25) is 0 Å². The molecule has 2 aromatic rings. The summed E-state index contributed by atoms with van der Waals surface area (Å²) in [6, 6.07) is 14.1. The highest BCUT2D eigenvalue weighted by atomic mass is 16.5. The van der Waals surface area contributed by atoms with Gasteiger partial charge < -0.3 is 15.0 Å². The maximum Gasteiger partial charge on any atom is 0.317 e. The second-order valence-corrected chi connectivity index (χ2v) is 7.80. The highest BCUT2D eigenvalue weighted by molar-refractivity contribution is 5.74. The van der Waals surface area contributed by atoms with Gasteiger partial charge in [-0.1, -0.05) is 24.3 Å². The highest BCUT2D eigenvalue weighted by Gasteiger charge is 2.29. The SMILES string of the molecule is O=C(NCc1cccc(-c2ccccn2)c1)N1CCC(C2CCCCO2)CC1. The van der Waals surface area contributed by atoms with Crippen molar-refractivity contribution in [3.63, 3.8) is 0 Å². The van der Waals surface area contributed by atoms with E-state index in [1.165, 1.54) is 19.3 Å². The Morgan fingerprint density at radius 3 is 2.75 bits per heavy atom. The number of nitrogens with one attached hydrogen (secondary N) is 1. The van der Waals surface area contributed by atoms with Crippen LogP contribution in [0, 0.1) is 5.92 Å². The summed E-state index contributed by atoms with van der Waals surface area (Å²) >= 11 is 0. The lowest BCUT2D eigenvalue weighted by Gasteiger charge is -2.37. The number of likely N-dealkylation sites (tertiary alicyclic amines) is 1. The van der Waals surface area contributed by atoms with Crippen molar-refractivity contribution >= 4 is 6.03 Å². The van der Waals surface area contributed by atoms with Crippen molar-refractivity contribution in [2.24, 2.45) is 5.92 Å². The Balaban J connectivity index is 1.27. The molecule has 0 aliphatic carbocycles. The molecule has 2 aliphatic rings. The van der Waals surface area contributed by atoms with Gasteiger partial charge in [0.25, 0.3) is 0 Å². The minimum Gasteiger partial charge on any atom is -0.378 e. The average Bonchev–Trinajstić information content (AvgIpc) is 2.79. The van der Waals surface area contributed by atoms with Crippen LogP contribution in [0.5, 0.6) is 0 Å². The van der Waals surface area contributed by atoms with Crippen LogP contribution in [0.1, 0.15) is 37.7 Å². The van der Waals surface area contributed by atoms with E-state index >= 15 is 0 Å². The van der Waals surface area contributed by atoms with Crippen LogP contribution in [-0.4, -0.2) is 41.7 Å². The molecule has 0 radical (unpaired) electrons. The van der Waals surface area contributed by atoms with Crippen molar-refractivity contribution in [2.45, 2.75) is 44.8 Å². The number of benzene rings is 1. The van der Waals surface area contributed by atoms with Gasteiger partial charge in [0.1, 0.15) is 0 Å². The molecule has 3 heterocycles. The van der Waals surface area contributed by atoms with Gasteiger partial charge in [-0.3, -0.25) is 4.98 Å². The fraction of sp³-hybridized carbons (Fsp3) is 0.478. The molecule has 0 bridgehead atoms. The average molecular weight is 380 g/mol. The number of aromatic nitrogens is 1. The minimum absolute atomic E-state index is 0.0336. The van der Waals surface area contributed by atoms with Crippen LogP contribution in [0.4, 0.5) is 4.79 Å². The Hall–Kier alpha value is -2.40. The molecule has 5 heteroatoms. The molecular formula is C23H29N3O2. The summed E-state index contributed by atoms with van der Waals surface area (Å²) in [7, 11) is 0. The van der Waals surface area contributed by atoms with Gasteiger partial charge in [-0.2, -0.15) is 0 Å². The first-order valence-corrected chi connectivity index (χ1v) is 10.4. The Kier molecular flexibility index (Phi) is 6.22. The number of carbonyl (C=O) groups is 1. The molecule has 0 saturated carbocycles. The van der Waals surface area contributed by atoms with E-state index < -0.39 is 0 Å². The predicted molar refractivity (Wildman–Crippen MR) is 110 cm³/mol. The molecule has 2 fully saturated rings. The molecule has 1 aromatic carbocycles. The number of hydrogen-bond donors (Lipinski definition) is 1. The summed E-state index contributed by atoms with van der Waals surface area (Å²) < 4.78 is 5.94. The summed E-state index contributed by atoms with van der Waals surface area (Å²) in [4.78, 5) is 18.9. The number of carbonyl (C=O) groups excluding carboxylic acids is 1. The summed E-state index contributed by atoms with van der Waals surface area (Å²) in [6.07, 6.45) is 7.96. The number of rotatable bonds is 4. The van der Waals surface area contributed by atoms with Crippen molar-refractivity contribution in [2.75, 3.05) is 19.7 Å². The van der Waals surface area contributed by atoms with Crippen molar-refractivity contribution < 1.29 is 9.53 Å². The second kappa shape index (κ2) is 9.20. The lowest BCUT2D eigenvalue weighted by Crippen LogP contribution is -2.46. The van der Waals surface area contributed by atoms with Gasteiger partial charge in [-0.25, -0.2) is 4.79 Å². The van der Waals surface area contributed by atoms with Crippen LogP contribution < -0.4 is 5.32 Å². The number of amides is 2. The predicted octanol–water partition coefficient (Wildman–Crippen LogP) is 4.24. The third-order valence-corrected chi connectivity index (χ3v) is 5.90. The van der Waals surface area contributed by atoms with Crippen LogP contribution >= 0.6 is 0 Å². The van der Waals surface area contributed by atoms with Gasteiger partial charge in [0.05, 0.1) is 11.8 Å². The van der Waals surface area contributed by atoms with Gasteiger partial charge in [-0.15, -0.1) is 0 Å². The number of pyridine rings is 1. The first-order chi connectivity index (χ1) is 13.8. The summed E-state index contributed by atoms with van der Waals surface area (Å²) in [5.41, 5.74) is 3.10. The normalized spacial score (nSPS) is 20.7. The van der Waals surface area contributed by atoms with E-state index in [1.54, 1.807) is 6.20 Å². The van der Waals surface area contributed by atoms with E-state index in [9.17, 15) is 4.79 Å². The molecule has 1 aromatic heterocycles. The number of urea groups is 1. The van der Waals surface area contributed by atoms with E-state index in [0.29, 0.717) is 18.6 Å². The second-order valence-electron chi connectivity index (χ2n) is 7.80. The summed E-state index contributed by atoms with van der Waals surface area (Å²) in [5.74, 6) is 0.611. The standard InChI is InChI=1S/C23H29N3O2/c27-23(26-13-10-19(11-14-26)22-9-2-4-15-28-22)25-17-18-6-5-7-20(16-18)21-8-1-3-12-24-21/h1,3,5-8,12,16,19,22H,2,4,9-11,13-15,17H2,(H,25,27). The van der Waals surface area contributed by atoms with E-state index in [0.717, 1.165) is 49.4 Å². The van der Waals surface area contributed by atoms with Crippen molar-refractivity contribution in [1.82, 2.24) is 15.2 Å². The molecule has 2 saturated heterocycles.